The standard InChI is InChI=1S/C16H25BrN4O2/c17-10-8-6-4-2-1-3-5-7-9-11-21-15(22)13-14(19-12-18-13)20-16(21)23/h12H,1-11H2,(H,18,19)(H,20,23). The second-order valence-electron chi connectivity index (χ2n) is 5.88. The predicted octanol–water partition coefficient (Wildman–Crippen LogP) is 3.32. The number of nitrogens with zero attached hydrogens (tertiary/aromatic N) is 2. The molecule has 0 radical (unpaired) electrons. The van der Waals surface area contributed by atoms with Crippen LogP contribution in [-0.2, 0) is 6.54 Å². The molecule has 2 aromatic heterocycles. The molecule has 0 spiro atoms. The van der Waals surface area contributed by atoms with Crippen molar-refractivity contribution in [1.82, 2.24) is 19.5 Å². The number of imidazole rings is 1. The van der Waals surface area contributed by atoms with Crippen LogP contribution >= 0.6 is 15.9 Å². The number of fused-ring (bicyclic) bond motifs is 1. The third-order valence-corrected chi connectivity index (χ3v) is 4.64. The van der Waals surface area contributed by atoms with Gasteiger partial charge in [-0.3, -0.25) is 14.3 Å². The van der Waals surface area contributed by atoms with E-state index in [0.29, 0.717) is 17.7 Å². The van der Waals surface area contributed by atoms with Crippen LogP contribution in [-0.4, -0.2) is 24.8 Å². The molecule has 7 heteroatoms. The summed E-state index contributed by atoms with van der Waals surface area (Å²) in [6.07, 6.45) is 12.2. The lowest BCUT2D eigenvalue weighted by atomic mass is 10.1. The first kappa shape index (κ1) is 18.0. The molecule has 0 saturated heterocycles. The molecule has 128 valence electrons. The first-order valence-corrected chi connectivity index (χ1v) is 9.58. The molecule has 6 nitrogen and oxygen atoms in total. The van der Waals surface area contributed by atoms with Crippen molar-refractivity contribution in [2.45, 2.75) is 64.3 Å². The van der Waals surface area contributed by atoms with E-state index in [1.807, 2.05) is 0 Å². The Bertz CT molecular complexity index is 704. The highest BCUT2D eigenvalue weighted by molar-refractivity contribution is 9.09. The van der Waals surface area contributed by atoms with Gasteiger partial charge in [0.2, 0.25) is 0 Å². The van der Waals surface area contributed by atoms with Gasteiger partial charge >= 0.3 is 5.69 Å². The number of hydrogen-bond donors (Lipinski definition) is 2. The van der Waals surface area contributed by atoms with Gasteiger partial charge in [0.25, 0.3) is 5.56 Å². The summed E-state index contributed by atoms with van der Waals surface area (Å²) in [5.74, 6) is 0. The Hall–Kier alpha value is -1.37. The summed E-state index contributed by atoms with van der Waals surface area (Å²) in [4.78, 5) is 33.4. The highest BCUT2D eigenvalue weighted by atomic mass is 79.9. The lowest BCUT2D eigenvalue weighted by Crippen LogP contribution is -2.35. The van der Waals surface area contributed by atoms with Crippen LogP contribution in [0, 0.1) is 0 Å². The third kappa shape index (κ3) is 5.34. The second-order valence-corrected chi connectivity index (χ2v) is 6.68. The zero-order chi connectivity index (χ0) is 16.5. The lowest BCUT2D eigenvalue weighted by molar-refractivity contribution is 0.525. The van der Waals surface area contributed by atoms with Gasteiger partial charge in [0.05, 0.1) is 6.33 Å². The molecule has 0 aliphatic rings. The van der Waals surface area contributed by atoms with Crippen molar-refractivity contribution in [3.63, 3.8) is 0 Å². The van der Waals surface area contributed by atoms with E-state index in [0.717, 1.165) is 24.6 Å². The number of aromatic nitrogens is 4. The zero-order valence-corrected chi connectivity index (χ0v) is 15.0. The van der Waals surface area contributed by atoms with Crippen LogP contribution in [0.1, 0.15) is 57.8 Å². The quantitative estimate of drug-likeness (QED) is 0.460. The summed E-state index contributed by atoms with van der Waals surface area (Å²) in [7, 11) is 0. The molecule has 0 bridgehead atoms. The second kappa shape index (κ2) is 9.70. The fraction of sp³-hybridized carbons (Fsp3) is 0.688. The van der Waals surface area contributed by atoms with E-state index in [1.54, 1.807) is 0 Å². The first-order valence-electron chi connectivity index (χ1n) is 8.46. The molecule has 0 unspecified atom stereocenters. The number of halogens is 1. The van der Waals surface area contributed by atoms with Crippen LogP contribution in [0.5, 0.6) is 0 Å². The molecule has 2 N–H and O–H groups in total. The van der Waals surface area contributed by atoms with Crippen molar-refractivity contribution in [1.29, 1.82) is 0 Å². The Morgan fingerprint density at radius 1 is 0.957 bits per heavy atom. The molecule has 2 heterocycles. The molecule has 2 rings (SSSR count). The SMILES string of the molecule is O=c1[nH]c2nc[nH]c2c(=O)n1CCCCCCCCCCCBr. The number of alkyl halides is 1. The number of hydrogen-bond acceptors (Lipinski definition) is 3. The predicted molar refractivity (Wildman–Crippen MR) is 96.3 cm³/mol. The Morgan fingerprint density at radius 2 is 1.57 bits per heavy atom. The molecule has 0 fully saturated rings. The van der Waals surface area contributed by atoms with Gasteiger partial charge in [0.15, 0.2) is 5.65 Å². The van der Waals surface area contributed by atoms with Crippen LogP contribution in [0.3, 0.4) is 0 Å². The number of rotatable bonds is 11. The van der Waals surface area contributed by atoms with Crippen molar-refractivity contribution in [3.05, 3.63) is 27.2 Å². The molecular weight excluding hydrogens is 360 g/mol. The van der Waals surface area contributed by atoms with Gasteiger partial charge in [-0.25, -0.2) is 9.78 Å². The summed E-state index contributed by atoms with van der Waals surface area (Å²) in [6.45, 7) is 0.467. The van der Waals surface area contributed by atoms with E-state index in [9.17, 15) is 9.59 Å². The number of nitrogens with one attached hydrogen (secondary N) is 2. The summed E-state index contributed by atoms with van der Waals surface area (Å²) in [5, 5.41) is 1.11. The Morgan fingerprint density at radius 3 is 2.22 bits per heavy atom. The van der Waals surface area contributed by atoms with Crippen molar-refractivity contribution >= 4 is 27.1 Å². The minimum Gasteiger partial charge on any atom is -0.339 e. The minimum atomic E-state index is -0.374. The van der Waals surface area contributed by atoms with Gasteiger partial charge in [0, 0.05) is 11.9 Å². The van der Waals surface area contributed by atoms with Crippen LogP contribution in [0.4, 0.5) is 0 Å². The van der Waals surface area contributed by atoms with Gasteiger partial charge in [-0.05, 0) is 12.8 Å². The van der Waals surface area contributed by atoms with Gasteiger partial charge in [-0.15, -0.1) is 0 Å². The van der Waals surface area contributed by atoms with E-state index in [4.69, 9.17) is 0 Å². The lowest BCUT2D eigenvalue weighted by Gasteiger charge is -2.05. The van der Waals surface area contributed by atoms with Crippen molar-refractivity contribution in [3.8, 4) is 0 Å². The van der Waals surface area contributed by atoms with Crippen LogP contribution in [0.15, 0.2) is 15.9 Å². The van der Waals surface area contributed by atoms with Crippen molar-refractivity contribution in [2.24, 2.45) is 0 Å². The maximum atomic E-state index is 12.2. The van der Waals surface area contributed by atoms with Gasteiger partial charge < -0.3 is 4.98 Å². The van der Waals surface area contributed by atoms with E-state index in [-0.39, 0.29) is 11.2 Å². The molecule has 0 aromatic carbocycles. The summed E-state index contributed by atoms with van der Waals surface area (Å²) in [6, 6.07) is 0. The minimum absolute atomic E-state index is 0.284. The number of unbranched alkanes of at least 4 members (excludes halogenated alkanes) is 8. The summed E-state index contributed by atoms with van der Waals surface area (Å²) < 4.78 is 1.26. The fourth-order valence-corrected chi connectivity index (χ4v) is 3.15. The van der Waals surface area contributed by atoms with Crippen molar-refractivity contribution < 1.29 is 0 Å². The average molecular weight is 385 g/mol. The van der Waals surface area contributed by atoms with E-state index < -0.39 is 0 Å². The molecule has 0 saturated carbocycles. The largest absolute Gasteiger partial charge is 0.339 e. The molecule has 0 atom stereocenters. The van der Waals surface area contributed by atoms with Gasteiger partial charge in [-0.2, -0.15) is 0 Å². The van der Waals surface area contributed by atoms with E-state index in [2.05, 4.69) is 30.9 Å². The normalized spacial score (nSPS) is 11.3. The smallest absolute Gasteiger partial charge is 0.330 e. The molecule has 0 aliphatic carbocycles. The van der Waals surface area contributed by atoms with Gasteiger partial charge in [-0.1, -0.05) is 60.9 Å². The van der Waals surface area contributed by atoms with E-state index in [1.165, 1.54) is 49.4 Å². The van der Waals surface area contributed by atoms with E-state index >= 15 is 0 Å². The Balaban J connectivity index is 1.67. The molecule has 23 heavy (non-hydrogen) atoms. The van der Waals surface area contributed by atoms with Crippen LogP contribution in [0.25, 0.3) is 11.2 Å². The fourth-order valence-electron chi connectivity index (χ4n) is 2.75. The van der Waals surface area contributed by atoms with Crippen LogP contribution in [0.2, 0.25) is 0 Å². The highest BCUT2D eigenvalue weighted by Gasteiger charge is 2.08. The first-order chi connectivity index (χ1) is 11.2. The summed E-state index contributed by atoms with van der Waals surface area (Å²) >= 11 is 3.45. The molecule has 0 amide bonds. The van der Waals surface area contributed by atoms with Crippen LogP contribution < -0.4 is 11.2 Å². The maximum Gasteiger partial charge on any atom is 0.330 e. The summed E-state index contributed by atoms with van der Waals surface area (Å²) in [5.41, 5.74) is 0.0404. The number of aromatic amines is 2. The third-order valence-electron chi connectivity index (χ3n) is 4.08. The Labute approximate surface area is 143 Å². The van der Waals surface area contributed by atoms with Crippen molar-refractivity contribution in [2.75, 3.05) is 5.33 Å². The maximum absolute atomic E-state index is 12.2. The Kier molecular flexibility index (Phi) is 7.58. The van der Waals surface area contributed by atoms with Gasteiger partial charge in [0.1, 0.15) is 5.52 Å². The number of H-pyrrole nitrogens is 2. The molecular formula is C16H25BrN4O2. The highest BCUT2D eigenvalue weighted by Crippen LogP contribution is 2.10. The topological polar surface area (TPSA) is 83.5 Å². The zero-order valence-electron chi connectivity index (χ0n) is 13.4. The average Bonchev–Trinajstić information content (AvgIpc) is 3.00. The molecule has 2 aromatic rings. The monoisotopic (exact) mass is 384 g/mol. The molecule has 0 aliphatic heterocycles.